The summed E-state index contributed by atoms with van der Waals surface area (Å²) in [6, 6.07) is 6.43. The SMILES string of the molecule is C#Cc1c(F)ccc2cc(OCOC)cc(-c3ncc4c(OC(C)(C)C)nc(OC[C@@]56CCCN5[C@H](COc5cc(C(F)(F)F)ncn5)CC6)nc4c3F)c12. The van der Waals surface area contributed by atoms with Gasteiger partial charge < -0.3 is 23.7 Å². The first-order valence-electron chi connectivity index (χ1n) is 17.5. The third-order valence-electron chi connectivity index (χ3n) is 9.67. The molecule has 0 unspecified atom stereocenters. The number of fused-ring (bicyclic) bond motifs is 3. The fourth-order valence-electron chi connectivity index (χ4n) is 7.33. The minimum atomic E-state index is -4.62. The molecular weight excluding hydrogens is 727 g/mol. The average molecular weight is 765 g/mol. The van der Waals surface area contributed by atoms with Crippen molar-refractivity contribution >= 4 is 21.7 Å². The van der Waals surface area contributed by atoms with Gasteiger partial charge in [-0.25, -0.2) is 18.7 Å². The Bertz CT molecular complexity index is 2300. The smallest absolute Gasteiger partial charge is 0.433 e. The van der Waals surface area contributed by atoms with Crippen molar-refractivity contribution in [3.63, 3.8) is 0 Å². The van der Waals surface area contributed by atoms with Crippen molar-refractivity contribution in [2.75, 3.05) is 33.7 Å². The van der Waals surface area contributed by atoms with Gasteiger partial charge in [-0.05, 0) is 76.6 Å². The minimum Gasteiger partial charge on any atom is -0.476 e. The van der Waals surface area contributed by atoms with Crippen LogP contribution in [0.15, 0.2) is 42.9 Å². The molecule has 0 N–H and O–H groups in total. The van der Waals surface area contributed by atoms with Crippen LogP contribution in [0.3, 0.4) is 0 Å². The minimum absolute atomic E-state index is 0.0457. The monoisotopic (exact) mass is 764 g/mol. The predicted octanol–water partition coefficient (Wildman–Crippen LogP) is 7.53. The fourth-order valence-corrected chi connectivity index (χ4v) is 7.33. The van der Waals surface area contributed by atoms with Crippen molar-refractivity contribution in [3.05, 3.63) is 65.7 Å². The van der Waals surface area contributed by atoms with E-state index in [1.807, 2.05) is 20.8 Å². The van der Waals surface area contributed by atoms with Crippen LogP contribution < -0.4 is 18.9 Å². The van der Waals surface area contributed by atoms with Gasteiger partial charge >= 0.3 is 12.2 Å². The molecule has 2 aromatic carbocycles. The number of aromatic nitrogens is 5. The zero-order valence-corrected chi connectivity index (χ0v) is 30.5. The Morgan fingerprint density at radius 1 is 1.00 bits per heavy atom. The average Bonchev–Trinajstić information content (AvgIpc) is 3.71. The molecule has 2 aliphatic rings. The molecule has 2 saturated heterocycles. The third-order valence-corrected chi connectivity index (χ3v) is 9.67. The summed E-state index contributed by atoms with van der Waals surface area (Å²) in [5, 5.41) is 0.932. The highest BCUT2D eigenvalue weighted by Crippen LogP contribution is 2.44. The van der Waals surface area contributed by atoms with Crippen molar-refractivity contribution in [1.29, 1.82) is 0 Å². The molecular formula is C39H37F5N6O5. The molecule has 5 aromatic rings. The summed E-state index contributed by atoms with van der Waals surface area (Å²) in [7, 11) is 1.46. The quantitative estimate of drug-likeness (QED) is 0.0756. The van der Waals surface area contributed by atoms with E-state index in [9.17, 15) is 13.2 Å². The summed E-state index contributed by atoms with van der Waals surface area (Å²) in [6.45, 7) is 6.32. The lowest BCUT2D eigenvalue weighted by atomic mass is 9.95. The van der Waals surface area contributed by atoms with E-state index in [1.54, 1.807) is 6.07 Å². The van der Waals surface area contributed by atoms with Gasteiger partial charge in [0, 0.05) is 36.4 Å². The van der Waals surface area contributed by atoms with E-state index in [0.717, 1.165) is 31.8 Å². The lowest BCUT2D eigenvalue weighted by Gasteiger charge is -2.34. The Labute approximate surface area is 313 Å². The van der Waals surface area contributed by atoms with Crippen LogP contribution in [0.5, 0.6) is 23.5 Å². The molecule has 5 heterocycles. The number of nitrogens with zero attached hydrogens (tertiary/aromatic N) is 6. The van der Waals surface area contributed by atoms with E-state index in [0.29, 0.717) is 24.0 Å². The van der Waals surface area contributed by atoms with E-state index >= 15 is 8.78 Å². The Morgan fingerprint density at radius 2 is 1.82 bits per heavy atom. The summed E-state index contributed by atoms with van der Waals surface area (Å²) in [5.74, 6) is 1.07. The molecule has 0 bridgehead atoms. The molecule has 7 rings (SSSR count). The predicted molar refractivity (Wildman–Crippen MR) is 191 cm³/mol. The van der Waals surface area contributed by atoms with Crippen LogP contribution in [-0.4, -0.2) is 80.7 Å². The maximum Gasteiger partial charge on any atom is 0.433 e. The molecule has 16 heteroatoms. The summed E-state index contributed by atoms with van der Waals surface area (Å²) in [6.07, 6.45) is 6.37. The van der Waals surface area contributed by atoms with Crippen LogP contribution in [0.4, 0.5) is 22.0 Å². The largest absolute Gasteiger partial charge is 0.476 e. The van der Waals surface area contributed by atoms with Gasteiger partial charge in [0.1, 0.15) is 47.9 Å². The van der Waals surface area contributed by atoms with E-state index in [-0.39, 0.29) is 76.9 Å². The van der Waals surface area contributed by atoms with Gasteiger partial charge in [0.15, 0.2) is 18.3 Å². The highest BCUT2D eigenvalue weighted by molar-refractivity contribution is 6.02. The van der Waals surface area contributed by atoms with E-state index in [1.165, 1.54) is 31.5 Å². The van der Waals surface area contributed by atoms with Gasteiger partial charge in [0.05, 0.1) is 16.5 Å². The van der Waals surface area contributed by atoms with Crippen molar-refractivity contribution in [2.45, 2.75) is 69.8 Å². The summed E-state index contributed by atoms with van der Waals surface area (Å²) >= 11 is 0. The number of alkyl halides is 3. The van der Waals surface area contributed by atoms with Crippen molar-refractivity contribution in [2.24, 2.45) is 0 Å². The van der Waals surface area contributed by atoms with Gasteiger partial charge in [-0.3, -0.25) is 9.88 Å². The lowest BCUT2D eigenvalue weighted by molar-refractivity contribution is -0.141. The third kappa shape index (κ3) is 7.63. The van der Waals surface area contributed by atoms with Crippen LogP contribution in [0.25, 0.3) is 32.9 Å². The molecule has 0 amide bonds. The fraction of sp³-hybridized carbons (Fsp3) is 0.410. The number of rotatable bonds is 11. The normalized spacial score (nSPS) is 18.7. The molecule has 2 atom stereocenters. The lowest BCUT2D eigenvalue weighted by Crippen LogP contribution is -2.48. The van der Waals surface area contributed by atoms with Gasteiger partial charge in [0.25, 0.3) is 0 Å². The zero-order chi connectivity index (χ0) is 39.1. The van der Waals surface area contributed by atoms with E-state index in [2.05, 4.69) is 35.7 Å². The van der Waals surface area contributed by atoms with Crippen molar-refractivity contribution < 1.29 is 45.6 Å². The molecule has 0 aliphatic carbocycles. The number of halogens is 5. The zero-order valence-electron chi connectivity index (χ0n) is 30.5. The molecule has 288 valence electrons. The highest BCUT2D eigenvalue weighted by atomic mass is 19.4. The standard InChI is InChI=1S/C39H37F5N6O5/c1-6-25-28(40)9-8-22-14-24(54-21-51-5)15-26(31(22)25)33-32(41)34-27(17-45-33)35(55-37(2,3)4)49-36(48-34)53-19-38-11-7-13-50(38)23(10-12-38)18-52-30-16-29(39(42,43)44)46-20-47-30/h1,8-9,14-17,20,23H,7,10-13,18-19,21H2,2-5H3/t23-,38-/m0/s1. The first-order chi connectivity index (χ1) is 26.2. The summed E-state index contributed by atoms with van der Waals surface area (Å²) < 4.78 is 100. The molecule has 2 fully saturated rings. The van der Waals surface area contributed by atoms with Gasteiger partial charge in [-0.1, -0.05) is 12.0 Å². The van der Waals surface area contributed by atoms with Crippen molar-refractivity contribution in [1.82, 2.24) is 29.8 Å². The number of hydrogen-bond donors (Lipinski definition) is 0. The topological polar surface area (TPSA) is 114 Å². The first kappa shape index (κ1) is 37.9. The summed E-state index contributed by atoms with van der Waals surface area (Å²) in [4.78, 5) is 22.9. The second-order valence-corrected chi connectivity index (χ2v) is 14.4. The van der Waals surface area contributed by atoms with Crippen LogP contribution in [0, 0.1) is 24.0 Å². The highest BCUT2D eigenvalue weighted by Gasteiger charge is 2.50. The molecule has 11 nitrogen and oxygen atoms in total. The van der Waals surface area contributed by atoms with E-state index < -0.39 is 34.6 Å². The number of terminal acetylenes is 1. The summed E-state index contributed by atoms with van der Waals surface area (Å²) in [5.41, 5.74) is -2.49. The number of methoxy groups -OCH3 is 1. The maximum absolute atomic E-state index is 16.9. The van der Waals surface area contributed by atoms with E-state index in [4.69, 9.17) is 30.1 Å². The molecule has 0 saturated carbocycles. The molecule has 2 aliphatic heterocycles. The molecule has 0 radical (unpaired) electrons. The second kappa shape index (κ2) is 14.7. The Balaban J connectivity index is 1.22. The number of hydrogen-bond acceptors (Lipinski definition) is 11. The Hall–Kier alpha value is -5.40. The number of pyridine rings is 1. The number of benzene rings is 2. The second-order valence-electron chi connectivity index (χ2n) is 14.4. The molecule has 0 spiro atoms. The van der Waals surface area contributed by atoms with Gasteiger partial charge in [-0.15, -0.1) is 6.42 Å². The van der Waals surface area contributed by atoms with Crippen LogP contribution in [-0.2, 0) is 10.9 Å². The number of ether oxygens (including phenoxy) is 5. The van der Waals surface area contributed by atoms with Gasteiger partial charge in [-0.2, -0.15) is 23.1 Å². The Morgan fingerprint density at radius 3 is 2.56 bits per heavy atom. The van der Waals surface area contributed by atoms with Crippen molar-refractivity contribution in [3.8, 4) is 47.1 Å². The molecule has 3 aromatic heterocycles. The molecule has 55 heavy (non-hydrogen) atoms. The van der Waals surface area contributed by atoms with Crippen LogP contribution in [0.1, 0.15) is 57.7 Å². The van der Waals surface area contributed by atoms with Crippen LogP contribution in [0.2, 0.25) is 0 Å². The maximum atomic E-state index is 16.9. The Kier molecular flexibility index (Phi) is 10.1. The first-order valence-corrected chi connectivity index (χ1v) is 17.5. The van der Waals surface area contributed by atoms with Crippen LogP contribution >= 0.6 is 0 Å². The van der Waals surface area contributed by atoms with Gasteiger partial charge in [0.2, 0.25) is 11.8 Å².